The molecule has 0 spiro atoms. The maximum atomic E-state index is 13.6. The summed E-state index contributed by atoms with van der Waals surface area (Å²) in [5.74, 6) is 0.451. The first kappa shape index (κ1) is 33.7. The molecule has 1 aliphatic rings. The molecule has 0 aliphatic carbocycles. The lowest BCUT2D eigenvalue weighted by Crippen LogP contribution is -2.48. The van der Waals surface area contributed by atoms with E-state index in [0.29, 0.717) is 17.7 Å². The van der Waals surface area contributed by atoms with E-state index in [0.717, 1.165) is 12.0 Å². The molecule has 2 amide bonds. The summed E-state index contributed by atoms with van der Waals surface area (Å²) >= 11 is 0. The Morgan fingerprint density at radius 2 is 1.42 bits per heavy atom. The first-order valence-corrected chi connectivity index (χ1v) is 13.2. The second-order valence-corrected chi connectivity index (χ2v) is 11.4. The lowest BCUT2D eigenvalue weighted by Gasteiger charge is -2.43. The van der Waals surface area contributed by atoms with Crippen molar-refractivity contribution in [1.29, 1.82) is 0 Å². The second-order valence-electron chi connectivity index (χ2n) is 11.4. The zero-order valence-corrected chi connectivity index (χ0v) is 24.8. The first-order chi connectivity index (χ1) is 19.8. The van der Waals surface area contributed by atoms with Gasteiger partial charge in [0.1, 0.15) is 0 Å². The largest absolute Gasteiger partial charge is 0.493 e. The Morgan fingerprint density at radius 1 is 0.884 bits per heavy atom. The van der Waals surface area contributed by atoms with Gasteiger partial charge in [-0.25, -0.2) is 9.59 Å². The molecule has 0 bridgehead atoms. The molecule has 0 N–H and O–H groups in total. The fourth-order valence-corrected chi connectivity index (χ4v) is 4.80. The lowest BCUT2D eigenvalue weighted by molar-refractivity contribution is -0.143. The van der Waals surface area contributed by atoms with Crippen LogP contribution in [-0.2, 0) is 28.4 Å². The van der Waals surface area contributed by atoms with Crippen LogP contribution in [-0.4, -0.2) is 51.1 Å². The van der Waals surface area contributed by atoms with E-state index < -0.39 is 59.9 Å². The van der Waals surface area contributed by atoms with Crippen molar-refractivity contribution >= 4 is 17.9 Å². The predicted molar refractivity (Wildman–Crippen MR) is 144 cm³/mol. The average Bonchev–Trinajstić information content (AvgIpc) is 2.91. The molecule has 8 nitrogen and oxygen atoms in total. The van der Waals surface area contributed by atoms with Crippen molar-refractivity contribution in [2.24, 2.45) is 5.41 Å². The third kappa shape index (κ3) is 7.77. The molecule has 2 aromatic rings. The van der Waals surface area contributed by atoms with Crippen LogP contribution in [0.3, 0.4) is 0 Å². The van der Waals surface area contributed by atoms with Crippen LogP contribution in [0.1, 0.15) is 62.4 Å². The second kappa shape index (κ2) is 12.4. The SMILES string of the molecule is COC(=O)N(Cc1cc(C(F)(F)F)cc(C(F)(F)F)c1)[C@@H]1C[C@H](C)N(C(=O)OCC(C)(C)C)c2cc(OC)c(OC)cc21. The van der Waals surface area contributed by atoms with Crippen molar-refractivity contribution in [3.05, 3.63) is 52.6 Å². The third-order valence-corrected chi connectivity index (χ3v) is 6.77. The lowest BCUT2D eigenvalue weighted by atomic mass is 9.90. The molecule has 0 unspecified atom stereocenters. The maximum Gasteiger partial charge on any atom is 0.416 e. The first-order valence-electron chi connectivity index (χ1n) is 13.2. The van der Waals surface area contributed by atoms with E-state index in [1.807, 2.05) is 20.8 Å². The molecule has 0 aromatic heterocycles. The Balaban J connectivity index is 2.18. The van der Waals surface area contributed by atoms with Crippen molar-refractivity contribution in [2.45, 2.75) is 65.1 Å². The Morgan fingerprint density at radius 3 is 1.88 bits per heavy atom. The van der Waals surface area contributed by atoms with Crippen molar-refractivity contribution in [3.8, 4) is 11.5 Å². The normalized spacial score (nSPS) is 17.2. The number of rotatable bonds is 6. The number of hydrogen-bond acceptors (Lipinski definition) is 6. The fraction of sp³-hybridized carbons (Fsp3) is 0.517. The highest BCUT2D eigenvalue weighted by molar-refractivity contribution is 5.91. The number of ether oxygens (including phenoxy) is 4. The van der Waals surface area contributed by atoms with Crippen LogP contribution in [0.2, 0.25) is 0 Å². The van der Waals surface area contributed by atoms with Gasteiger partial charge in [0.15, 0.2) is 11.5 Å². The van der Waals surface area contributed by atoms with Crippen molar-refractivity contribution in [1.82, 2.24) is 4.90 Å². The van der Waals surface area contributed by atoms with Gasteiger partial charge in [-0.2, -0.15) is 26.3 Å². The minimum atomic E-state index is -5.07. The summed E-state index contributed by atoms with van der Waals surface area (Å²) in [6.07, 6.45) is -11.8. The number of benzene rings is 2. The number of nitrogens with zero attached hydrogens (tertiary/aromatic N) is 2. The summed E-state index contributed by atoms with van der Waals surface area (Å²) in [7, 11) is 3.78. The molecule has 2 aromatic carbocycles. The number of amides is 2. The van der Waals surface area contributed by atoms with Crippen molar-refractivity contribution in [2.75, 3.05) is 32.8 Å². The highest BCUT2D eigenvalue weighted by Gasteiger charge is 2.42. The maximum absolute atomic E-state index is 13.6. The molecule has 3 rings (SSSR count). The molecular formula is C29H34F6N2O6. The molecule has 0 fully saturated rings. The standard InChI is InChI=1S/C29H34F6N2O6/c1-16-8-21(20-12-23(40-5)24(41-6)13-22(20)37(16)26(39)43-15-27(2,3)4)36(25(38)42-7)14-17-9-18(28(30,31)32)11-19(10-17)29(33,34)35/h9-13,16,21H,8,14-15H2,1-7H3/t16-,21+/m0/s1. The van der Waals surface area contributed by atoms with Gasteiger partial charge >= 0.3 is 24.5 Å². The van der Waals surface area contributed by atoms with Crippen LogP contribution in [0.25, 0.3) is 0 Å². The monoisotopic (exact) mass is 620 g/mol. The van der Waals surface area contributed by atoms with Crippen LogP contribution in [0, 0.1) is 5.41 Å². The number of carbonyl (C=O) groups is 2. The molecule has 1 heterocycles. The van der Waals surface area contributed by atoms with Crippen LogP contribution < -0.4 is 14.4 Å². The number of methoxy groups -OCH3 is 3. The van der Waals surface area contributed by atoms with Crippen molar-refractivity contribution < 1.29 is 54.9 Å². The summed E-state index contributed by atoms with van der Waals surface area (Å²) in [5.41, 5.74) is -3.22. The van der Waals surface area contributed by atoms with Gasteiger partial charge in [0.25, 0.3) is 0 Å². The molecule has 0 radical (unpaired) electrons. The van der Waals surface area contributed by atoms with E-state index >= 15 is 0 Å². The smallest absolute Gasteiger partial charge is 0.416 e. The Labute approximate surface area is 245 Å². The predicted octanol–water partition coefficient (Wildman–Crippen LogP) is 7.83. The van der Waals surface area contributed by atoms with E-state index in [9.17, 15) is 35.9 Å². The summed E-state index contributed by atoms with van der Waals surface area (Å²) in [4.78, 5) is 28.8. The van der Waals surface area contributed by atoms with Gasteiger partial charge in [0, 0.05) is 24.2 Å². The number of alkyl halides is 6. The van der Waals surface area contributed by atoms with Gasteiger partial charge in [-0.05, 0) is 48.6 Å². The highest BCUT2D eigenvalue weighted by atomic mass is 19.4. The van der Waals surface area contributed by atoms with E-state index in [4.69, 9.17) is 18.9 Å². The van der Waals surface area contributed by atoms with Gasteiger partial charge in [-0.15, -0.1) is 0 Å². The molecule has 1 aliphatic heterocycles. The van der Waals surface area contributed by atoms with Crippen LogP contribution in [0.5, 0.6) is 11.5 Å². The fourth-order valence-electron chi connectivity index (χ4n) is 4.80. The zero-order chi connectivity index (χ0) is 32.5. The number of fused-ring (bicyclic) bond motifs is 1. The summed E-state index contributed by atoms with van der Waals surface area (Å²) in [6.45, 7) is 6.73. The van der Waals surface area contributed by atoms with E-state index in [1.54, 1.807) is 6.92 Å². The number of anilines is 1. The van der Waals surface area contributed by atoms with E-state index in [1.165, 1.54) is 31.3 Å². The van der Waals surface area contributed by atoms with Crippen LogP contribution in [0.15, 0.2) is 30.3 Å². The summed E-state index contributed by atoms with van der Waals surface area (Å²) in [6, 6.07) is 2.53. The topological polar surface area (TPSA) is 77.5 Å². The van der Waals surface area contributed by atoms with Crippen LogP contribution in [0.4, 0.5) is 41.6 Å². The number of halogens is 6. The Bertz CT molecular complexity index is 1310. The molecule has 238 valence electrons. The van der Waals surface area contributed by atoms with Gasteiger partial charge in [-0.1, -0.05) is 20.8 Å². The van der Waals surface area contributed by atoms with E-state index in [2.05, 4.69) is 0 Å². The average molecular weight is 621 g/mol. The summed E-state index contributed by atoms with van der Waals surface area (Å²) in [5, 5.41) is 0. The number of hydrogen-bond donors (Lipinski definition) is 0. The van der Waals surface area contributed by atoms with Crippen LogP contribution >= 0.6 is 0 Å². The molecule has 43 heavy (non-hydrogen) atoms. The number of carbonyl (C=O) groups excluding carboxylic acids is 2. The Kier molecular flexibility index (Phi) is 9.71. The third-order valence-electron chi connectivity index (χ3n) is 6.77. The van der Waals surface area contributed by atoms with E-state index in [-0.39, 0.29) is 41.7 Å². The van der Waals surface area contributed by atoms with Gasteiger partial charge in [-0.3, -0.25) is 9.80 Å². The molecular weight excluding hydrogens is 586 g/mol. The van der Waals surface area contributed by atoms with Gasteiger partial charge in [0.2, 0.25) is 0 Å². The Hall–Kier alpha value is -3.84. The minimum Gasteiger partial charge on any atom is -0.493 e. The minimum absolute atomic E-state index is 0.0161. The van der Waals surface area contributed by atoms with Gasteiger partial charge in [0.05, 0.1) is 50.8 Å². The quantitative estimate of drug-likeness (QED) is 0.307. The van der Waals surface area contributed by atoms with Crippen molar-refractivity contribution in [3.63, 3.8) is 0 Å². The molecule has 0 saturated carbocycles. The molecule has 2 atom stereocenters. The molecule has 14 heteroatoms. The van der Waals surface area contributed by atoms with Gasteiger partial charge < -0.3 is 18.9 Å². The zero-order valence-electron chi connectivity index (χ0n) is 24.8. The molecule has 0 saturated heterocycles. The summed E-state index contributed by atoms with van der Waals surface area (Å²) < 4.78 is 103. The highest BCUT2D eigenvalue weighted by Crippen LogP contribution is 2.47.